The van der Waals surface area contributed by atoms with Gasteiger partial charge in [0.15, 0.2) is 0 Å². The van der Waals surface area contributed by atoms with Crippen LogP contribution in [0.4, 0.5) is 0 Å². The summed E-state index contributed by atoms with van der Waals surface area (Å²) in [6.07, 6.45) is 3.57. The first kappa shape index (κ1) is 17.8. The van der Waals surface area contributed by atoms with Crippen LogP contribution in [-0.2, 0) is 14.2 Å². The Morgan fingerprint density at radius 3 is 2.33 bits per heavy atom. The zero-order valence-corrected chi connectivity index (χ0v) is 12.5. The quantitative estimate of drug-likeness (QED) is 0.516. The van der Waals surface area contributed by atoms with Gasteiger partial charge in [-0.3, -0.25) is 0 Å². The van der Waals surface area contributed by atoms with Crippen molar-refractivity contribution in [2.24, 2.45) is 0 Å². The maximum absolute atomic E-state index is 5.71. The van der Waals surface area contributed by atoms with Crippen LogP contribution in [0.3, 0.4) is 0 Å². The predicted octanol–water partition coefficient (Wildman–Crippen LogP) is 2.22. The van der Waals surface area contributed by atoms with Gasteiger partial charge in [-0.1, -0.05) is 13.8 Å². The summed E-state index contributed by atoms with van der Waals surface area (Å²) in [6.45, 7) is 10.3. The predicted molar refractivity (Wildman–Crippen MR) is 75.1 cm³/mol. The van der Waals surface area contributed by atoms with Gasteiger partial charge in [-0.15, -0.1) is 0 Å². The Hall–Kier alpha value is -0.160. The first-order valence-corrected chi connectivity index (χ1v) is 7.16. The molecule has 4 nitrogen and oxygen atoms in total. The maximum atomic E-state index is 5.71. The second kappa shape index (κ2) is 13.3. The Morgan fingerprint density at radius 1 is 1.00 bits per heavy atom. The molecule has 0 aliphatic heterocycles. The van der Waals surface area contributed by atoms with Crippen molar-refractivity contribution in [1.29, 1.82) is 0 Å². The fraction of sp³-hybridized carbons (Fsp3) is 1.00. The molecule has 110 valence electrons. The van der Waals surface area contributed by atoms with E-state index in [4.69, 9.17) is 14.2 Å². The molecule has 1 unspecified atom stereocenters. The average molecular weight is 261 g/mol. The molecule has 1 N–H and O–H groups in total. The van der Waals surface area contributed by atoms with Gasteiger partial charge in [-0.2, -0.15) is 0 Å². The van der Waals surface area contributed by atoms with Crippen molar-refractivity contribution < 1.29 is 14.2 Å². The molecule has 0 aromatic rings. The first-order valence-electron chi connectivity index (χ1n) is 7.16. The van der Waals surface area contributed by atoms with Gasteiger partial charge in [0.25, 0.3) is 0 Å². The van der Waals surface area contributed by atoms with Crippen LogP contribution in [0.25, 0.3) is 0 Å². The van der Waals surface area contributed by atoms with Gasteiger partial charge < -0.3 is 19.5 Å². The lowest BCUT2D eigenvalue weighted by Crippen LogP contribution is -2.35. The van der Waals surface area contributed by atoms with E-state index in [2.05, 4.69) is 26.1 Å². The molecule has 0 aliphatic rings. The van der Waals surface area contributed by atoms with Crippen LogP contribution in [0, 0.1) is 0 Å². The van der Waals surface area contributed by atoms with Crippen LogP contribution in [0.2, 0.25) is 0 Å². The van der Waals surface area contributed by atoms with E-state index in [9.17, 15) is 0 Å². The van der Waals surface area contributed by atoms with E-state index in [-0.39, 0.29) is 6.10 Å². The molecule has 1 atom stereocenters. The summed E-state index contributed by atoms with van der Waals surface area (Å²) in [5, 5.41) is 3.51. The molecule has 0 saturated carbocycles. The highest BCUT2D eigenvalue weighted by Gasteiger charge is 2.06. The highest BCUT2D eigenvalue weighted by Crippen LogP contribution is 1.98. The number of ether oxygens (including phenoxy) is 3. The highest BCUT2D eigenvalue weighted by molar-refractivity contribution is 4.65. The minimum Gasteiger partial charge on any atom is -0.382 e. The summed E-state index contributed by atoms with van der Waals surface area (Å²) in [4.78, 5) is 0. The lowest BCUT2D eigenvalue weighted by atomic mass is 10.1. The fourth-order valence-corrected chi connectivity index (χ4v) is 1.66. The van der Waals surface area contributed by atoms with Crippen molar-refractivity contribution in [2.75, 3.05) is 40.1 Å². The molecular weight excluding hydrogens is 230 g/mol. The van der Waals surface area contributed by atoms with Crippen LogP contribution in [0.5, 0.6) is 0 Å². The van der Waals surface area contributed by atoms with Gasteiger partial charge in [0.1, 0.15) is 0 Å². The van der Waals surface area contributed by atoms with E-state index < -0.39 is 0 Å². The Balaban J connectivity index is 3.28. The first-order chi connectivity index (χ1) is 8.74. The molecule has 0 amide bonds. The fourth-order valence-electron chi connectivity index (χ4n) is 1.66. The van der Waals surface area contributed by atoms with Crippen molar-refractivity contribution in [3.63, 3.8) is 0 Å². The molecule has 0 rings (SSSR count). The van der Waals surface area contributed by atoms with Crippen LogP contribution >= 0.6 is 0 Å². The molecule has 0 radical (unpaired) electrons. The van der Waals surface area contributed by atoms with Crippen LogP contribution in [0.1, 0.15) is 40.0 Å². The monoisotopic (exact) mass is 261 g/mol. The zero-order valence-electron chi connectivity index (χ0n) is 12.5. The molecule has 0 spiro atoms. The molecule has 0 bridgehead atoms. The van der Waals surface area contributed by atoms with Crippen LogP contribution in [-0.4, -0.2) is 52.2 Å². The number of rotatable bonds is 13. The Morgan fingerprint density at radius 2 is 1.72 bits per heavy atom. The SMILES string of the molecule is CCC(CC)NCC(C)OCCCOCCOC. The van der Waals surface area contributed by atoms with Gasteiger partial charge in [0.05, 0.1) is 19.3 Å². The molecule has 0 aromatic carbocycles. The van der Waals surface area contributed by atoms with Gasteiger partial charge >= 0.3 is 0 Å². The Kier molecular flexibility index (Phi) is 13.2. The molecule has 0 aliphatic carbocycles. The summed E-state index contributed by atoms with van der Waals surface area (Å²) >= 11 is 0. The highest BCUT2D eigenvalue weighted by atomic mass is 16.5. The van der Waals surface area contributed by atoms with Crippen LogP contribution in [0.15, 0.2) is 0 Å². The van der Waals surface area contributed by atoms with Crippen molar-refractivity contribution in [3.8, 4) is 0 Å². The molecule has 18 heavy (non-hydrogen) atoms. The van der Waals surface area contributed by atoms with Gasteiger partial charge in [-0.05, 0) is 26.2 Å². The minimum absolute atomic E-state index is 0.268. The van der Waals surface area contributed by atoms with E-state index in [1.54, 1.807) is 7.11 Å². The van der Waals surface area contributed by atoms with E-state index >= 15 is 0 Å². The van der Waals surface area contributed by atoms with E-state index in [1.165, 1.54) is 12.8 Å². The Labute approximate surface area is 112 Å². The zero-order chi connectivity index (χ0) is 13.6. The third-order valence-corrected chi connectivity index (χ3v) is 2.95. The lowest BCUT2D eigenvalue weighted by molar-refractivity contribution is 0.0295. The van der Waals surface area contributed by atoms with Crippen molar-refractivity contribution in [1.82, 2.24) is 5.32 Å². The standard InChI is InChI=1S/C14H31NO3/c1-5-14(6-2)15-12-13(3)18-9-7-8-17-11-10-16-4/h13-15H,5-12H2,1-4H3. The van der Waals surface area contributed by atoms with E-state index in [1.807, 2.05) is 0 Å². The topological polar surface area (TPSA) is 39.7 Å². The van der Waals surface area contributed by atoms with Crippen molar-refractivity contribution in [3.05, 3.63) is 0 Å². The molecule has 0 aromatic heterocycles. The normalized spacial score (nSPS) is 13.2. The second-order valence-electron chi connectivity index (χ2n) is 4.56. The number of hydrogen-bond donors (Lipinski definition) is 1. The van der Waals surface area contributed by atoms with Gasteiger partial charge in [0.2, 0.25) is 0 Å². The third-order valence-electron chi connectivity index (χ3n) is 2.95. The smallest absolute Gasteiger partial charge is 0.0700 e. The summed E-state index contributed by atoms with van der Waals surface area (Å²) in [5.41, 5.74) is 0. The maximum Gasteiger partial charge on any atom is 0.0700 e. The number of nitrogens with one attached hydrogen (secondary N) is 1. The Bertz CT molecular complexity index is 163. The summed E-state index contributed by atoms with van der Waals surface area (Å²) in [6, 6.07) is 0.619. The third kappa shape index (κ3) is 11.0. The minimum atomic E-state index is 0.268. The summed E-state index contributed by atoms with van der Waals surface area (Å²) < 4.78 is 16.0. The lowest BCUT2D eigenvalue weighted by Gasteiger charge is -2.19. The molecular formula is C14H31NO3. The van der Waals surface area contributed by atoms with E-state index in [0.29, 0.717) is 19.3 Å². The molecule has 0 fully saturated rings. The summed E-state index contributed by atoms with van der Waals surface area (Å²) in [5.74, 6) is 0. The van der Waals surface area contributed by atoms with Crippen LogP contribution < -0.4 is 5.32 Å². The second-order valence-corrected chi connectivity index (χ2v) is 4.56. The van der Waals surface area contributed by atoms with Crippen molar-refractivity contribution >= 4 is 0 Å². The van der Waals surface area contributed by atoms with E-state index in [0.717, 1.165) is 26.2 Å². The van der Waals surface area contributed by atoms with Gasteiger partial charge in [-0.25, -0.2) is 0 Å². The molecule has 0 saturated heterocycles. The number of hydrogen-bond acceptors (Lipinski definition) is 4. The van der Waals surface area contributed by atoms with Gasteiger partial charge in [0, 0.05) is 32.9 Å². The average Bonchev–Trinajstić information content (AvgIpc) is 2.39. The molecule has 0 heterocycles. The number of methoxy groups -OCH3 is 1. The summed E-state index contributed by atoms with van der Waals surface area (Å²) in [7, 11) is 1.68. The van der Waals surface area contributed by atoms with Crippen molar-refractivity contribution in [2.45, 2.75) is 52.2 Å². The largest absolute Gasteiger partial charge is 0.382 e. The molecule has 4 heteroatoms.